The molecule has 0 saturated carbocycles. The smallest absolute Gasteiger partial charge is 0.268 e. The summed E-state index contributed by atoms with van der Waals surface area (Å²) in [5.41, 5.74) is -0.430. The van der Waals surface area contributed by atoms with Gasteiger partial charge in [-0.25, -0.2) is 4.98 Å². The molecular weight excluding hydrogens is 281 g/mol. The molecule has 6 heteroatoms. The second-order valence-corrected chi connectivity index (χ2v) is 4.48. The molecule has 3 rings (SSSR count). The maximum absolute atomic E-state index is 12.7. The van der Waals surface area contributed by atoms with Crippen molar-refractivity contribution in [3.63, 3.8) is 0 Å². The molecule has 106 valence electrons. The molecule has 0 aliphatic rings. The van der Waals surface area contributed by atoms with E-state index in [4.69, 9.17) is 0 Å². The number of hydrogen-bond donors (Lipinski definition) is 0. The van der Waals surface area contributed by atoms with Gasteiger partial charge >= 0.3 is 6.18 Å². The molecule has 0 aliphatic carbocycles. The van der Waals surface area contributed by atoms with Crippen LogP contribution in [-0.4, -0.2) is 9.38 Å². The first kappa shape index (κ1) is 13.4. The number of pyridine rings is 1. The average molecular weight is 290 g/mol. The molecule has 3 aromatic rings. The number of alkyl halides is 3. The summed E-state index contributed by atoms with van der Waals surface area (Å²) in [5.74, 6) is 0. The van der Waals surface area contributed by atoms with Crippen molar-refractivity contribution in [2.24, 2.45) is 0 Å². The normalized spacial score (nSPS) is 11.8. The molecule has 2 heterocycles. The Morgan fingerprint density at radius 1 is 1.05 bits per heavy atom. The predicted octanol–water partition coefficient (Wildman–Crippen LogP) is 3.38. The lowest BCUT2D eigenvalue weighted by molar-refractivity contribution is -0.137. The minimum Gasteiger partial charge on any atom is -0.268 e. The molecule has 0 spiro atoms. The van der Waals surface area contributed by atoms with Crippen LogP contribution in [0, 0.1) is 0 Å². The SMILES string of the molecule is O=c1c(-c2cccc(C(F)(F)F)c2)cnc2ccccn12. The molecule has 0 aliphatic heterocycles. The van der Waals surface area contributed by atoms with E-state index >= 15 is 0 Å². The fourth-order valence-corrected chi connectivity index (χ4v) is 2.09. The van der Waals surface area contributed by atoms with Gasteiger partial charge in [-0.2, -0.15) is 13.2 Å². The Morgan fingerprint density at radius 3 is 2.62 bits per heavy atom. The lowest BCUT2D eigenvalue weighted by atomic mass is 10.1. The van der Waals surface area contributed by atoms with Gasteiger partial charge < -0.3 is 0 Å². The minimum absolute atomic E-state index is 0.129. The lowest BCUT2D eigenvalue weighted by Gasteiger charge is -2.09. The van der Waals surface area contributed by atoms with Crippen LogP contribution >= 0.6 is 0 Å². The Balaban J connectivity index is 2.22. The molecule has 0 N–H and O–H groups in total. The van der Waals surface area contributed by atoms with E-state index in [1.165, 1.54) is 28.9 Å². The van der Waals surface area contributed by atoms with Gasteiger partial charge in [-0.15, -0.1) is 0 Å². The topological polar surface area (TPSA) is 34.4 Å². The summed E-state index contributed by atoms with van der Waals surface area (Å²) in [5, 5.41) is 0. The maximum atomic E-state index is 12.7. The van der Waals surface area contributed by atoms with Gasteiger partial charge in [0.05, 0.1) is 11.1 Å². The molecule has 0 unspecified atom stereocenters. The van der Waals surface area contributed by atoms with E-state index in [1.54, 1.807) is 18.2 Å². The van der Waals surface area contributed by atoms with Crippen LogP contribution in [0.15, 0.2) is 59.7 Å². The number of nitrogens with zero attached hydrogens (tertiary/aromatic N) is 2. The standard InChI is InChI=1S/C15H9F3N2O/c16-15(17,18)11-5-3-4-10(8-11)12-9-19-13-6-1-2-7-20(13)14(12)21/h1-9H. The van der Waals surface area contributed by atoms with Gasteiger partial charge in [0, 0.05) is 12.4 Å². The average Bonchev–Trinajstić information content (AvgIpc) is 2.47. The van der Waals surface area contributed by atoms with Crippen LogP contribution in [-0.2, 0) is 6.18 Å². The Labute approximate surface area is 117 Å². The minimum atomic E-state index is -4.45. The second-order valence-electron chi connectivity index (χ2n) is 4.48. The summed E-state index contributed by atoms with van der Waals surface area (Å²) < 4.78 is 39.5. The summed E-state index contributed by atoms with van der Waals surface area (Å²) >= 11 is 0. The van der Waals surface area contributed by atoms with Crippen molar-refractivity contribution in [1.29, 1.82) is 0 Å². The maximum Gasteiger partial charge on any atom is 0.416 e. The van der Waals surface area contributed by atoms with Gasteiger partial charge in [-0.05, 0) is 29.8 Å². The van der Waals surface area contributed by atoms with Crippen LogP contribution in [0.1, 0.15) is 5.56 Å². The summed E-state index contributed by atoms with van der Waals surface area (Å²) in [6.07, 6.45) is -1.62. The van der Waals surface area contributed by atoms with Crippen molar-refractivity contribution in [3.05, 3.63) is 70.8 Å². The zero-order chi connectivity index (χ0) is 15.0. The number of hydrogen-bond acceptors (Lipinski definition) is 2. The molecule has 0 atom stereocenters. The Morgan fingerprint density at radius 2 is 1.86 bits per heavy atom. The fraction of sp³-hybridized carbons (Fsp3) is 0.0667. The number of halogens is 3. The van der Waals surface area contributed by atoms with Gasteiger partial charge in [-0.1, -0.05) is 18.2 Å². The largest absolute Gasteiger partial charge is 0.416 e. The van der Waals surface area contributed by atoms with E-state index in [1.807, 2.05) is 0 Å². The third-order valence-electron chi connectivity index (χ3n) is 3.11. The molecule has 21 heavy (non-hydrogen) atoms. The Hall–Kier alpha value is -2.63. The fourth-order valence-electron chi connectivity index (χ4n) is 2.09. The Bertz CT molecular complexity index is 868. The van der Waals surface area contributed by atoms with E-state index in [-0.39, 0.29) is 11.1 Å². The molecule has 3 nitrogen and oxygen atoms in total. The van der Waals surface area contributed by atoms with Gasteiger partial charge in [0.2, 0.25) is 0 Å². The quantitative estimate of drug-likeness (QED) is 0.688. The van der Waals surface area contributed by atoms with Crippen molar-refractivity contribution in [3.8, 4) is 11.1 Å². The second kappa shape index (κ2) is 4.73. The van der Waals surface area contributed by atoms with Crippen molar-refractivity contribution in [2.45, 2.75) is 6.18 Å². The highest BCUT2D eigenvalue weighted by Gasteiger charge is 2.30. The molecule has 0 fully saturated rings. The molecule has 0 bridgehead atoms. The summed E-state index contributed by atoms with van der Waals surface area (Å²) in [6.45, 7) is 0. The van der Waals surface area contributed by atoms with E-state index in [2.05, 4.69) is 4.98 Å². The van der Waals surface area contributed by atoms with E-state index in [0.717, 1.165) is 12.1 Å². The highest BCUT2D eigenvalue weighted by molar-refractivity contribution is 5.63. The number of fused-ring (bicyclic) bond motifs is 1. The first-order chi connectivity index (χ1) is 9.97. The van der Waals surface area contributed by atoms with Gasteiger partial charge in [-0.3, -0.25) is 9.20 Å². The zero-order valence-corrected chi connectivity index (χ0v) is 10.6. The summed E-state index contributed by atoms with van der Waals surface area (Å²) in [7, 11) is 0. The molecule has 2 aromatic heterocycles. The zero-order valence-electron chi connectivity index (χ0n) is 10.6. The van der Waals surface area contributed by atoms with Crippen molar-refractivity contribution in [1.82, 2.24) is 9.38 Å². The third-order valence-corrected chi connectivity index (χ3v) is 3.11. The number of rotatable bonds is 1. The van der Waals surface area contributed by atoms with Crippen molar-refractivity contribution >= 4 is 5.65 Å². The lowest BCUT2D eigenvalue weighted by Crippen LogP contribution is -2.16. The van der Waals surface area contributed by atoms with E-state index in [9.17, 15) is 18.0 Å². The predicted molar refractivity (Wildman–Crippen MR) is 71.9 cm³/mol. The highest BCUT2D eigenvalue weighted by atomic mass is 19.4. The van der Waals surface area contributed by atoms with Crippen molar-refractivity contribution < 1.29 is 13.2 Å². The summed E-state index contributed by atoms with van der Waals surface area (Å²) in [4.78, 5) is 16.4. The van der Waals surface area contributed by atoms with Crippen LogP contribution in [0.4, 0.5) is 13.2 Å². The van der Waals surface area contributed by atoms with E-state index < -0.39 is 17.3 Å². The Kier molecular flexibility index (Phi) is 3.01. The van der Waals surface area contributed by atoms with Gasteiger partial charge in [0.1, 0.15) is 5.65 Å². The van der Waals surface area contributed by atoms with Gasteiger partial charge in [0.25, 0.3) is 5.56 Å². The van der Waals surface area contributed by atoms with Crippen LogP contribution in [0.2, 0.25) is 0 Å². The number of benzene rings is 1. The molecule has 0 saturated heterocycles. The first-order valence-corrected chi connectivity index (χ1v) is 6.11. The van der Waals surface area contributed by atoms with Crippen LogP contribution < -0.4 is 5.56 Å². The third kappa shape index (κ3) is 2.40. The summed E-state index contributed by atoms with van der Waals surface area (Å²) in [6, 6.07) is 9.69. The molecule has 0 radical (unpaired) electrons. The van der Waals surface area contributed by atoms with Crippen molar-refractivity contribution in [2.75, 3.05) is 0 Å². The van der Waals surface area contributed by atoms with Crippen LogP contribution in [0.5, 0.6) is 0 Å². The number of aromatic nitrogens is 2. The van der Waals surface area contributed by atoms with E-state index in [0.29, 0.717) is 5.65 Å². The molecule has 0 amide bonds. The molecular formula is C15H9F3N2O. The van der Waals surface area contributed by atoms with Crippen LogP contribution in [0.3, 0.4) is 0 Å². The van der Waals surface area contributed by atoms with Crippen LogP contribution in [0.25, 0.3) is 16.8 Å². The molecule has 1 aromatic carbocycles. The monoisotopic (exact) mass is 290 g/mol. The first-order valence-electron chi connectivity index (χ1n) is 6.11. The highest BCUT2D eigenvalue weighted by Crippen LogP contribution is 2.31. The van der Waals surface area contributed by atoms with Gasteiger partial charge in [0.15, 0.2) is 0 Å².